The summed E-state index contributed by atoms with van der Waals surface area (Å²) in [6, 6.07) is 0. The zero-order valence-corrected chi connectivity index (χ0v) is 11.6. The van der Waals surface area contributed by atoms with Gasteiger partial charge in [-0.3, -0.25) is 4.79 Å². The number of aliphatic hydroxyl groups excluding tert-OH is 2. The van der Waals surface area contributed by atoms with Crippen LogP contribution in [-0.2, 0) is 9.53 Å². The normalized spacial score (nSPS) is 13.3. The number of aliphatic hydroxyl groups is 2. The Kier molecular flexibility index (Phi) is 14.8. The first-order chi connectivity index (χ1) is 7.99. The van der Waals surface area contributed by atoms with Crippen LogP contribution in [-0.4, -0.2) is 35.0 Å². The third-order valence-electron chi connectivity index (χ3n) is 2.17. The van der Waals surface area contributed by atoms with Crippen LogP contribution < -0.4 is 0 Å². The van der Waals surface area contributed by atoms with Gasteiger partial charge >= 0.3 is 5.97 Å². The minimum Gasteiger partial charge on any atom is -0.466 e. The predicted octanol–water partition coefficient (Wildman–Crippen LogP) is 2.27. The van der Waals surface area contributed by atoms with Crippen molar-refractivity contribution in [3.63, 3.8) is 0 Å². The summed E-state index contributed by atoms with van der Waals surface area (Å²) in [7, 11) is 0. The third-order valence-corrected chi connectivity index (χ3v) is 2.17. The van der Waals surface area contributed by atoms with E-state index >= 15 is 0 Å². The van der Waals surface area contributed by atoms with Gasteiger partial charge in [0.05, 0.1) is 18.8 Å². The molecular formula is C13H28O4. The average molecular weight is 248 g/mol. The highest BCUT2D eigenvalue weighted by Gasteiger charge is 2.08. The Morgan fingerprint density at radius 1 is 1.18 bits per heavy atom. The molecular weight excluding hydrogens is 220 g/mol. The van der Waals surface area contributed by atoms with Gasteiger partial charge in [0.2, 0.25) is 0 Å². The number of rotatable bonds is 7. The highest BCUT2D eigenvalue weighted by Crippen LogP contribution is 2.03. The van der Waals surface area contributed by atoms with Crippen molar-refractivity contribution < 1.29 is 19.7 Å². The molecule has 0 radical (unpaired) electrons. The lowest BCUT2D eigenvalue weighted by atomic mass is 10.1. The van der Waals surface area contributed by atoms with E-state index in [0.717, 1.165) is 19.3 Å². The highest BCUT2D eigenvalue weighted by atomic mass is 16.5. The first kappa shape index (κ1) is 18.7. The molecule has 0 aromatic heterocycles. The maximum atomic E-state index is 10.3. The molecule has 0 amide bonds. The molecule has 104 valence electrons. The summed E-state index contributed by atoms with van der Waals surface area (Å²) >= 11 is 0. The summed E-state index contributed by atoms with van der Waals surface area (Å²) < 4.78 is 4.70. The van der Waals surface area contributed by atoms with Crippen LogP contribution in [0.5, 0.6) is 0 Å². The smallest absolute Gasteiger partial charge is 0.305 e. The predicted molar refractivity (Wildman–Crippen MR) is 68.8 cm³/mol. The summed E-state index contributed by atoms with van der Waals surface area (Å²) in [5.74, 6) is -0.105. The van der Waals surface area contributed by atoms with Crippen molar-refractivity contribution >= 4 is 5.97 Å². The highest BCUT2D eigenvalue weighted by molar-refractivity contribution is 5.68. The van der Waals surface area contributed by atoms with Crippen molar-refractivity contribution in [1.82, 2.24) is 0 Å². The molecule has 0 spiro atoms. The van der Waals surface area contributed by atoms with Gasteiger partial charge in [0.25, 0.3) is 0 Å². The van der Waals surface area contributed by atoms with Crippen molar-refractivity contribution in [2.75, 3.05) is 6.61 Å². The van der Waals surface area contributed by atoms with Crippen LogP contribution in [0.3, 0.4) is 0 Å². The first-order valence-electron chi connectivity index (χ1n) is 6.51. The van der Waals surface area contributed by atoms with Crippen LogP contribution >= 0.6 is 0 Å². The zero-order valence-electron chi connectivity index (χ0n) is 11.6. The fourth-order valence-corrected chi connectivity index (χ4v) is 0.972. The van der Waals surface area contributed by atoms with Crippen molar-refractivity contribution in [3.8, 4) is 0 Å². The molecule has 0 saturated carbocycles. The van der Waals surface area contributed by atoms with Crippen molar-refractivity contribution in [2.24, 2.45) is 0 Å². The zero-order chi connectivity index (χ0) is 13.7. The first-order valence-corrected chi connectivity index (χ1v) is 6.51. The molecule has 0 aromatic rings. The number of carbonyl (C=O) groups excluding carboxylic acids is 1. The lowest BCUT2D eigenvalue weighted by molar-refractivity contribution is -0.143. The van der Waals surface area contributed by atoms with Gasteiger partial charge in [-0.25, -0.2) is 0 Å². The maximum absolute atomic E-state index is 10.3. The van der Waals surface area contributed by atoms with E-state index in [1.807, 2.05) is 6.92 Å². The summed E-state index contributed by atoms with van der Waals surface area (Å²) in [6.07, 6.45) is 3.08. The van der Waals surface area contributed by atoms with E-state index < -0.39 is 12.2 Å². The van der Waals surface area contributed by atoms with Crippen molar-refractivity contribution in [3.05, 3.63) is 0 Å². The quantitative estimate of drug-likeness (QED) is 0.678. The Balaban J connectivity index is 0. The Morgan fingerprint density at radius 2 is 1.76 bits per heavy atom. The van der Waals surface area contributed by atoms with Crippen LogP contribution in [0.1, 0.15) is 59.8 Å². The number of esters is 1. The fourth-order valence-electron chi connectivity index (χ4n) is 0.972. The van der Waals surface area contributed by atoms with Gasteiger partial charge in [-0.1, -0.05) is 33.6 Å². The Bertz CT molecular complexity index is 169. The Hall–Kier alpha value is -0.610. The largest absolute Gasteiger partial charge is 0.466 e. The molecule has 2 atom stereocenters. The second-order valence-corrected chi connectivity index (χ2v) is 4.02. The standard InChI is InChI=1S/C7H16O2.C6H12O2/c1-3-4-5-7(9)6(2)8;1-3-5-8-6(7)4-2/h6-9H,3-5H2,1-2H3;3-5H2,1-2H3. The second-order valence-electron chi connectivity index (χ2n) is 4.02. The molecule has 0 aliphatic heterocycles. The van der Waals surface area contributed by atoms with E-state index in [9.17, 15) is 4.79 Å². The summed E-state index contributed by atoms with van der Waals surface area (Å²) in [5, 5.41) is 17.8. The monoisotopic (exact) mass is 248 g/mol. The molecule has 0 heterocycles. The summed E-state index contributed by atoms with van der Waals surface area (Å²) in [5.41, 5.74) is 0. The van der Waals surface area contributed by atoms with E-state index in [4.69, 9.17) is 14.9 Å². The third kappa shape index (κ3) is 15.4. The molecule has 4 heteroatoms. The van der Waals surface area contributed by atoms with Crippen molar-refractivity contribution in [2.45, 2.75) is 72.0 Å². The van der Waals surface area contributed by atoms with Crippen LogP contribution in [0.15, 0.2) is 0 Å². The topological polar surface area (TPSA) is 66.8 Å². The van der Waals surface area contributed by atoms with E-state index in [1.165, 1.54) is 0 Å². The van der Waals surface area contributed by atoms with E-state index in [-0.39, 0.29) is 5.97 Å². The van der Waals surface area contributed by atoms with Gasteiger partial charge in [0, 0.05) is 6.42 Å². The fraction of sp³-hybridized carbons (Fsp3) is 0.923. The summed E-state index contributed by atoms with van der Waals surface area (Å²) in [6.45, 7) is 8.00. The molecule has 0 aromatic carbocycles. The second kappa shape index (κ2) is 13.5. The van der Waals surface area contributed by atoms with Crippen LogP contribution in [0.4, 0.5) is 0 Å². The molecule has 0 bridgehead atoms. The van der Waals surface area contributed by atoms with Gasteiger partial charge < -0.3 is 14.9 Å². The molecule has 0 fully saturated rings. The molecule has 0 rings (SSSR count). The Labute approximate surface area is 105 Å². The summed E-state index contributed by atoms with van der Waals surface area (Å²) in [4.78, 5) is 10.3. The van der Waals surface area contributed by atoms with Gasteiger partial charge in [0.1, 0.15) is 0 Å². The minimum absolute atomic E-state index is 0.105. The number of hydrogen-bond acceptors (Lipinski definition) is 4. The van der Waals surface area contributed by atoms with E-state index in [0.29, 0.717) is 19.4 Å². The molecule has 2 unspecified atom stereocenters. The minimum atomic E-state index is -0.573. The SMILES string of the molecule is CCCCC(O)C(C)O.CCCOC(=O)CC. The number of ether oxygens (including phenoxy) is 1. The molecule has 17 heavy (non-hydrogen) atoms. The van der Waals surface area contributed by atoms with Crippen LogP contribution in [0.25, 0.3) is 0 Å². The molecule has 0 aliphatic carbocycles. The van der Waals surface area contributed by atoms with E-state index in [2.05, 4.69) is 6.92 Å². The maximum Gasteiger partial charge on any atom is 0.305 e. The van der Waals surface area contributed by atoms with E-state index in [1.54, 1.807) is 13.8 Å². The lowest BCUT2D eigenvalue weighted by Crippen LogP contribution is -2.21. The van der Waals surface area contributed by atoms with Crippen molar-refractivity contribution in [1.29, 1.82) is 0 Å². The molecule has 4 nitrogen and oxygen atoms in total. The number of hydrogen-bond donors (Lipinski definition) is 2. The number of unbranched alkanes of at least 4 members (excludes halogenated alkanes) is 1. The number of carbonyl (C=O) groups is 1. The average Bonchev–Trinajstić information content (AvgIpc) is 2.33. The van der Waals surface area contributed by atoms with Crippen LogP contribution in [0, 0.1) is 0 Å². The van der Waals surface area contributed by atoms with Gasteiger partial charge in [-0.2, -0.15) is 0 Å². The molecule has 0 aliphatic rings. The Morgan fingerprint density at radius 3 is 2.12 bits per heavy atom. The van der Waals surface area contributed by atoms with Gasteiger partial charge in [-0.15, -0.1) is 0 Å². The molecule has 0 saturated heterocycles. The van der Waals surface area contributed by atoms with Crippen LogP contribution in [0.2, 0.25) is 0 Å². The van der Waals surface area contributed by atoms with Gasteiger partial charge in [0.15, 0.2) is 0 Å². The molecule has 2 N–H and O–H groups in total. The lowest BCUT2D eigenvalue weighted by Gasteiger charge is -2.11. The van der Waals surface area contributed by atoms with Gasteiger partial charge in [-0.05, 0) is 19.8 Å².